The smallest absolute Gasteiger partial charge is 0.414 e. The molecule has 2 aliphatic heterocycles. The van der Waals surface area contributed by atoms with Crippen molar-refractivity contribution in [3.63, 3.8) is 0 Å². The Morgan fingerprint density at radius 1 is 0.882 bits per heavy atom. The van der Waals surface area contributed by atoms with E-state index in [-0.39, 0.29) is 46.7 Å². The third-order valence-electron chi connectivity index (χ3n) is 12.0. The molecule has 0 radical (unpaired) electrons. The van der Waals surface area contributed by atoms with Gasteiger partial charge in [0.05, 0.1) is 42.0 Å². The number of aliphatic hydroxyl groups is 6. The Morgan fingerprint density at radius 2 is 1.59 bits per heavy atom. The Hall–Kier alpha value is -6.72. The fourth-order valence-corrected chi connectivity index (χ4v) is 8.47. The first-order valence-electron chi connectivity index (χ1n) is 20.8. The highest BCUT2D eigenvalue weighted by Gasteiger charge is 2.51. The molecule has 3 aromatic carbocycles. The summed E-state index contributed by atoms with van der Waals surface area (Å²) in [7, 11) is 1.28. The number of carbonyl (C=O) groups is 6. The second kappa shape index (κ2) is 19.9. The van der Waals surface area contributed by atoms with Gasteiger partial charge in [0.1, 0.15) is 60.5 Å². The topological polar surface area (TPSA) is 353 Å². The molecule has 3 aromatic rings. The molecular formula is C45H46N2O21. The molecule has 11 atom stereocenters. The zero-order valence-electron chi connectivity index (χ0n) is 36.0. The van der Waals surface area contributed by atoms with Crippen molar-refractivity contribution >= 4 is 41.2 Å². The molecule has 0 bridgehead atoms. The molecule has 0 aromatic heterocycles. The summed E-state index contributed by atoms with van der Waals surface area (Å²) in [6.07, 6.45) is -13.7. The van der Waals surface area contributed by atoms with E-state index in [1.165, 1.54) is 56.5 Å². The van der Waals surface area contributed by atoms with E-state index in [9.17, 15) is 69.6 Å². The van der Waals surface area contributed by atoms with Crippen LogP contribution in [0, 0.1) is 12.3 Å². The van der Waals surface area contributed by atoms with Gasteiger partial charge in [0.25, 0.3) is 0 Å². The highest BCUT2D eigenvalue weighted by Crippen LogP contribution is 2.52. The lowest BCUT2D eigenvalue weighted by Gasteiger charge is -2.42. The number of aliphatic hydroxyl groups excluding tert-OH is 5. The number of nitrogens with one attached hydrogen (secondary N) is 2. The van der Waals surface area contributed by atoms with E-state index in [0.717, 1.165) is 0 Å². The van der Waals surface area contributed by atoms with Gasteiger partial charge in [0.2, 0.25) is 12.1 Å². The number of hydrogen-bond acceptors (Lipinski definition) is 21. The van der Waals surface area contributed by atoms with Crippen molar-refractivity contribution in [2.24, 2.45) is 0 Å². The van der Waals surface area contributed by atoms with Gasteiger partial charge in [-0.15, -0.1) is 6.42 Å². The quantitative estimate of drug-likeness (QED) is 0.0370. The maximum atomic E-state index is 14.0. The molecule has 2 amide bonds. The summed E-state index contributed by atoms with van der Waals surface area (Å²) in [5, 5.41) is 91.2. The van der Waals surface area contributed by atoms with Crippen molar-refractivity contribution in [1.29, 1.82) is 0 Å². The van der Waals surface area contributed by atoms with Crippen LogP contribution in [0.3, 0.4) is 0 Å². The number of esters is 1. The summed E-state index contributed by atoms with van der Waals surface area (Å²) in [6.45, 7) is -0.485. The predicted octanol–water partition coefficient (Wildman–Crippen LogP) is -0.498. The van der Waals surface area contributed by atoms with Gasteiger partial charge in [-0.1, -0.05) is 30.2 Å². The predicted molar refractivity (Wildman–Crippen MR) is 224 cm³/mol. The van der Waals surface area contributed by atoms with Crippen molar-refractivity contribution < 1.29 is 103 Å². The number of benzene rings is 3. The van der Waals surface area contributed by atoms with Gasteiger partial charge in [-0.2, -0.15) is 0 Å². The van der Waals surface area contributed by atoms with Crippen LogP contribution in [0.1, 0.15) is 74.4 Å². The van der Waals surface area contributed by atoms with Crippen molar-refractivity contribution in [2.45, 2.75) is 99.7 Å². The van der Waals surface area contributed by atoms with E-state index in [1.54, 1.807) is 0 Å². The molecule has 0 saturated carbocycles. The molecule has 362 valence electrons. The minimum absolute atomic E-state index is 0.0186. The maximum absolute atomic E-state index is 14.0. The van der Waals surface area contributed by atoms with Gasteiger partial charge < -0.3 is 79.3 Å². The van der Waals surface area contributed by atoms with Crippen molar-refractivity contribution in [1.82, 2.24) is 5.32 Å². The van der Waals surface area contributed by atoms with E-state index >= 15 is 0 Å². The highest BCUT2D eigenvalue weighted by molar-refractivity contribution is 6.31. The molecule has 2 aliphatic carbocycles. The first kappa shape index (κ1) is 49.2. The van der Waals surface area contributed by atoms with Crippen LogP contribution in [0.25, 0.3) is 0 Å². The van der Waals surface area contributed by atoms with Gasteiger partial charge >= 0.3 is 18.2 Å². The number of phenols is 2. The molecule has 2 heterocycles. The summed E-state index contributed by atoms with van der Waals surface area (Å²) < 4.78 is 37.6. The standard InChI is InChI=1S/C45H46N2O21/c1-4-12-63-41(58)40-38(56)37(55)39(57)42(67-40)68-44(60)46-20-10-8-19(9-11-20)17-64-43(59)47-23-13-27(65-18(2)32(23)50)66-25-15-45(61,26(49)16-48)14-22-29(25)36(54)31-30(34(22)52)33(51)21-6-5-7-24(62-3)28(21)35(31)53/h1,5-11,18,23,25,27,32,37-40,42,48,50,52,54-57,61H,12-17H2,2-3H3,(H,46,60)(H,47,59)/t18-,23?,25-,27?,32?,37+,38+,39-,40+,42+,45-/m1/s1. The van der Waals surface area contributed by atoms with E-state index in [1.807, 2.05) is 5.92 Å². The molecular weight excluding hydrogens is 904 g/mol. The number of methoxy groups -OCH3 is 1. The maximum Gasteiger partial charge on any atom is 0.414 e. The number of carbonyl (C=O) groups excluding carboxylic acids is 6. The number of aromatic hydroxyl groups is 2. The number of Topliss-reactive ketones (excluding diaryl/α,β-unsaturated/α-hetero) is 1. The van der Waals surface area contributed by atoms with E-state index in [2.05, 4.69) is 10.6 Å². The molecule has 2 saturated heterocycles. The lowest BCUT2D eigenvalue weighted by Crippen LogP contribution is -2.61. The number of rotatable bonds is 12. The zero-order chi connectivity index (χ0) is 49.4. The Kier molecular flexibility index (Phi) is 14.4. The number of phenolic OH excluding ortho intramolecular Hbond substituents is 2. The molecule has 3 unspecified atom stereocenters. The average molecular weight is 951 g/mol. The van der Waals surface area contributed by atoms with Gasteiger partial charge in [0.15, 0.2) is 30.6 Å². The molecule has 0 spiro atoms. The van der Waals surface area contributed by atoms with Crippen LogP contribution >= 0.6 is 0 Å². The minimum Gasteiger partial charge on any atom is -0.507 e. The van der Waals surface area contributed by atoms with Gasteiger partial charge in [-0.25, -0.2) is 14.4 Å². The number of alkyl carbamates (subject to hydrolysis) is 1. The van der Waals surface area contributed by atoms with Crippen LogP contribution in [0.4, 0.5) is 15.3 Å². The van der Waals surface area contributed by atoms with E-state index < -0.39 is 151 Å². The summed E-state index contributed by atoms with van der Waals surface area (Å²) in [5.74, 6) is -3.52. The molecule has 68 heavy (non-hydrogen) atoms. The summed E-state index contributed by atoms with van der Waals surface area (Å²) in [6, 6.07) is 8.77. The summed E-state index contributed by atoms with van der Waals surface area (Å²) in [4.78, 5) is 78.6. The monoisotopic (exact) mass is 950 g/mol. The van der Waals surface area contributed by atoms with Gasteiger partial charge in [0, 0.05) is 41.6 Å². The number of terminal acetylenes is 1. The van der Waals surface area contributed by atoms with Crippen LogP contribution in [-0.4, -0.2) is 158 Å². The normalized spacial score (nSPS) is 28.4. The lowest BCUT2D eigenvalue weighted by atomic mass is 9.72. The first-order valence-corrected chi connectivity index (χ1v) is 20.8. The van der Waals surface area contributed by atoms with Gasteiger partial charge in [-0.05, 0) is 30.7 Å². The fourth-order valence-electron chi connectivity index (χ4n) is 8.47. The fraction of sp³-hybridized carbons (Fsp3) is 0.422. The Bertz CT molecular complexity index is 2540. The third kappa shape index (κ3) is 9.41. The van der Waals surface area contributed by atoms with Crippen LogP contribution < -0.4 is 15.4 Å². The Labute approximate surface area is 385 Å². The Morgan fingerprint density at radius 3 is 2.26 bits per heavy atom. The molecule has 23 heteroatoms. The van der Waals surface area contributed by atoms with Crippen LogP contribution in [0.15, 0.2) is 42.5 Å². The van der Waals surface area contributed by atoms with Crippen molar-refractivity contribution in [3.05, 3.63) is 81.4 Å². The van der Waals surface area contributed by atoms with Crippen molar-refractivity contribution in [3.8, 4) is 29.6 Å². The second-order valence-corrected chi connectivity index (χ2v) is 16.3. The number of hydrogen-bond donors (Lipinski definition) is 10. The molecule has 10 N–H and O–H groups in total. The average Bonchev–Trinajstić information content (AvgIpc) is 3.31. The molecule has 23 nitrogen and oxygen atoms in total. The summed E-state index contributed by atoms with van der Waals surface area (Å²) in [5.41, 5.74) is -3.90. The third-order valence-corrected chi connectivity index (χ3v) is 12.0. The highest BCUT2D eigenvalue weighted by atomic mass is 16.7. The van der Waals surface area contributed by atoms with Crippen LogP contribution in [0.5, 0.6) is 17.2 Å². The van der Waals surface area contributed by atoms with Crippen LogP contribution in [0.2, 0.25) is 0 Å². The minimum atomic E-state index is -2.42. The molecule has 7 rings (SSSR count). The van der Waals surface area contributed by atoms with Crippen LogP contribution in [-0.2, 0) is 51.0 Å². The van der Waals surface area contributed by atoms with Gasteiger partial charge in [-0.3, -0.25) is 19.7 Å². The lowest BCUT2D eigenvalue weighted by molar-refractivity contribution is -0.278. The number of ketones is 3. The summed E-state index contributed by atoms with van der Waals surface area (Å²) >= 11 is 0. The number of ether oxygens (including phenoxy) is 7. The molecule has 4 aliphatic rings. The number of fused-ring (bicyclic) bond motifs is 3. The molecule has 2 fully saturated rings. The first-order chi connectivity index (χ1) is 32.3. The number of amides is 2. The SMILES string of the molecule is C#CCOC(=O)[C@H]1O[C@@H](OC(=O)Nc2ccc(COC(=O)NC3CC(O[C@@H]4C[C@@](O)(C(=O)CO)Cc5c(O)c6c(c(O)c54)C(=O)c4c(OC)cccc4C6=O)O[C@H](C)C3O)cc2)[C@H](O)[C@@H](O)[C@@H]1O. The van der Waals surface area contributed by atoms with Crippen molar-refractivity contribution in [2.75, 3.05) is 25.6 Å². The largest absolute Gasteiger partial charge is 0.507 e. The number of anilines is 1. The Balaban J connectivity index is 1.00. The zero-order valence-corrected chi connectivity index (χ0v) is 36.0. The second-order valence-electron chi connectivity index (χ2n) is 16.3. The van der Waals surface area contributed by atoms with E-state index in [4.69, 9.17) is 39.6 Å². The van der Waals surface area contributed by atoms with E-state index in [0.29, 0.717) is 5.56 Å².